The lowest BCUT2D eigenvalue weighted by Crippen LogP contribution is -2.40. The average molecular weight is 330 g/mol. The van der Waals surface area contributed by atoms with E-state index < -0.39 is 0 Å². The van der Waals surface area contributed by atoms with Gasteiger partial charge in [0.25, 0.3) is 0 Å². The summed E-state index contributed by atoms with van der Waals surface area (Å²) >= 11 is 3.35. The fourth-order valence-electron chi connectivity index (χ4n) is 2.90. The number of nitrogens with one attached hydrogen (secondary N) is 1. The molecule has 0 spiro atoms. The summed E-state index contributed by atoms with van der Waals surface area (Å²) in [6, 6.07) is 5.45. The van der Waals surface area contributed by atoms with Gasteiger partial charge in [0, 0.05) is 23.0 Å². The maximum Gasteiger partial charge on any atom is 0.124 e. The molecule has 3 unspecified atom stereocenters. The monoisotopic (exact) mass is 329 g/mol. The quantitative estimate of drug-likeness (QED) is 0.892. The number of hydrogen-bond acceptors (Lipinski definition) is 2. The summed E-state index contributed by atoms with van der Waals surface area (Å²) in [4.78, 5) is 0. The minimum atomic E-state index is -0.185. The number of halogens is 2. The highest BCUT2D eigenvalue weighted by molar-refractivity contribution is 9.10. The van der Waals surface area contributed by atoms with Crippen molar-refractivity contribution in [1.29, 1.82) is 0 Å². The van der Waals surface area contributed by atoms with Gasteiger partial charge in [0.05, 0.1) is 6.10 Å². The predicted octanol–water partition coefficient (Wildman–Crippen LogP) is 3.53. The van der Waals surface area contributed by atoms with Crippen molar-refractivity contribution in [2.75, 3.05) is 13.2 Å². The van der Waals surface area contributed by atoms with E-state index in [-0.39, 0.29) is 11.9 Å². The van der Waals surface area contributed by atoms with E-state index in [1.807, 2.05) is 6.07 Å². The second kappa shape index (κ2) is 6.82. The number of likely N-dealkylation sites (N-methyl/N-ethyl adjacent to an activating group) is 1. The molecule has 106 valence electrons. The zero-order valence-corrected chi connectivity index (χ0v) is 13.0. The molecular weight excluding hydrogens is 309 g/mol. The summed E-state index contributed by atoms with van der Waals surface area (Å²) in [5.74, 6) is 0.317. The van der Waals surface area contributed by atoms with Crippen LogP contribution >= 0.6 is 15.9 Å². The molecule has 1 fully saturated rings. The Hall–Kier alpha value is -0.450. The van der Waals surface area contributed by atoms with Gasteiger partial charge in [-0.2, -0.15) is 0 Å². The Morgan fingerprint density at radius 3 is 2.84 bits per heavy atom. The first-order valence-corrected chi connectivity index (χ1v) is 7.69. The van der Waals surface area contributed by atoms with Gasteiger partial charge in [-0.15, -0.1) is 0 Å². The standard InChI is InChI=1S/C15H21BrFNO/c1-3-18-15(14-4-5-19-10(14)2)8-11-6-12(16)9-13(17)7-11/h6-7,9-10,14-15,18H,3-5,8H2,1-2H3. The van der Waals surface area contributed by atoms with E-state index in [0.29, 0.717) is 12.0 Å². The van der Waals surface area contributed by atoms with Gasteiger partial charge in [-0.3, -0.25) is 0 Å². The topological polar surface area (TPSA) is 21.3 Å². The summed E-state index contributed by atoms with van der Waals surface area (Å²) in [5, 5.41) is 3.52. The van der Waals surface area contributed by atoms with Gasteiger partial charge in [0.15, 0.2) is 0 Å². The van der Waals surface area contributed by atoms with Crippen LogP contribution in [0.15, 0.2) is 22.7 Å². The zero-order chi connectivity index (χ0) is 13.8. The molecule has 1 heterocycles. The van der Waals surface area contributed by atoms with Crippen molar-refractivity contribution in [2.45, 2.75) is 38.8 Å². The van der Waals surface area contributed by atoms with Crippen molar-refractivity contribution in [3.63, 3.8) is 0 Å². The van der Waals surface area contributed by atoms with Crippen molar-refractivity contribution >= 4 is 15.9 Å². The molecule has 1 aromatic rings. The molecule has 1 aliphatic rings. The summed E-state index contributed by atoms with van der Waals surface area (Å²) in [7, 11) is 0. The molecule has 2 nitrogen and oxygen atoms in total. The Kier molecular flexibility index (Phi) is 5.37. The molecule has 3 atom stereocenters. The highest BCUT2D eigenvalue weighted by atomic mass is 79.9. The van der Waals surface area contributed by atoms with Gasteiger partial charge in [0.2, 0.25) is 0 Å². The van der Waals surface area contributed by atoms with Crippen LogP contribution in [-0.2, 0) is 11.2 Å². The maximum absolute atomic E-state index is 13.4. The van der Waals surface area contributed by atoms with Crippen LogP contribution in [0.3, 0.4) is 0 Å². The van der Waals surface area contributed by atoms with E-state index in [1.165, 1.54) is 6.07 Å². The largest absolute Gasteiger partial charge is 0.378 e. The minimum Gasteiger partial charge on any atom is -0.378 e. The van der Waals surface area contributed by atoms with Crippen molar-refractivity contribution in [3.8, 4) is 0 Å². The number of benzene rings is 1. The molecule has 4 heteroatoms. The molecule has 2 rings (SSSR count). The second-order valence-electron chi connectivity index (χ2n) is 5.17. The molecule has 1 N–H and O–H groups in total. The van der Waals surface area contributed by atoms with Crippen LogP contribution in [0.1, 0.15) is 25.8 Å². The fourth-order valence-corrected chi connectivity index (χ4v) is 3.41. The summed E-state index contributed by atoms with van der Waals surface area (Å²) in [5.41, 5.74) is 1.02. The van der Waals surface area contributed by atoms with E-state index in [1.54, 1.807) is 6.07 Å². The SMILES string of the molecule is CCNC(Cc1cc(F)cc(Br)c1)C1CCOC1C. The van der Waals surface area contributed by atoms with Crippen molar-refractivity contribution in [2.24, 2.45) is 5.92 Å². The van der Waals surface area contributed by atoms with Crippen LogP contribution in [0.5, 0.6) is 0 Å². The van der Waals surface area contributed by atoms with E-state index in [9.17, 15) is 4.39 Å². The van der Waals surface area contributed by atoms with Gasteiger partial charge in [-0.05, 0) is 50.1 Å². The third-order valence-corrected chi connectivity index (χ3v) is 4.25. The number of rotatable bonds is 5. The van der Waals surface area contributed by atoms with Gasteiger partial charge in [-0.25, -0.2) is 4.39 Å². The molecule has 0 amide bonds. The first-order valence-electron chi connectivity index (χ1n) is 6.90. The van der Waals surface area contributed by atoms with Crippen LogP contribution in [0.25, 0.3) is 0 Å². The van der Waals surface area contributed by atoms with E-state index in [0.717, 1.165) is 36.0 Å². The lowest BCUT2D eigenvalue weighted by molar-refractivity contribution is 0.0956. The van der Waals surface area contributed by atoms with E-state index >= 15 is 0 Å². The normalized spacial score (nSPS) is 24.6. The van der Waals surface area contributed by atoms with Gasteiger partial charge in [0.1, 0.15) is 5.82 Å². The van der Waals surface area contributed by atoms with Gasteiger partial charge in [-0.1, -0.05) is 22.9 Å². The molecule has 19 heavy (non-hydrogen) atoms. The van der Waals surface area contributed by atoms with Gasteiger partial charge < -0.3 is 10.1 Å². The molecular formula is C15H21BrFNO. The lowest BCUT2D eigenvalue weighted by atomic mass is 9.89. The van der Waals surface area contributed by atoms with Crippen LogP contribution in [0.2, 0.25) is 0 Å². The van der Waals surface area contributed by atoms with Crippen molar-refractivity contribution in [1.82, 2.24) is 5.32 Å². The van der Waals surface area contributed by atoms with E-state index in [2.05, 4.69) is 35.1 Å². The Balaban J connectivity index is 2.11. The summed E-state index contributed by atoms with van der Waals surface area (Å²) in [6.45, 7) is 5.99. The Morgan fingerprint density at radius 1 is 1.47 bits per heavy atom. The van der Waals surface area contributed by atoms with Crippen LogP contribution in [-0.4, -0.2) is 25.3 Å². The van der Waals surface area contributed by atoms with Crippen LogP contribution in [0, 0.1) is 11.7 Å². The van der Waals surface area contributed by atoms with Crippen LogP contribution in [0.4, 0.5) is 4.39 Å². The number of hydrogen-bond donors (Lipinski definition) is 1. The van der Waals surface area contributed by atoms with E-state index in [4.69, 9.17) is 4.74 Å². The van der Waals surface area contributed by atoms with Gasteiger partial charge >= 0.3 is 0 Å². The molecule has 1 aromatic carbocycles. The Bertz CT molecular complexity index is 406. The molecule has 0 aromatic heterocycles. The average Bonchev–Trinajstić information content (AvgIpc) is 2.73. The van der Waals surface area contributed by atoms with Crippen LogP contribution < -0.4 is 5.32 Å². The smallest absolute Gasteiger partial charge is 0.124 e. The second-order valence-corrected chi connectivity index (χ2v) is 6.09. The van der Waals surface area contributed by atoms with Crippen molar-refractivity contribution < 1.29 is 9.13 Å². The summed E-state index contributed by atoms with van der Waals surface area (Å²) < 4.78 is 19.9. The lowest BCUT2D eigenvalue weighted by Gasteiger charge is -2.26. The third kappa shape index (κ3) is 4.01. The first kappa shape index (κ1) is 14.9. The first-order chi connectivity index (χ1) is 9.10. The minimum absolute atomic E-state index is 0.185. The molecule has 0 bridgehead atoms. The highest BCUT2D eigenvalue weighted by Gasteiger charge is 2.31. The van der Waals surface area contributed by atoms with Crippen molar-refractivity contribution in [3.05, 3.63) is 34.1 Å². The Labute approximate surface area is 122 Å². The molecule has 1 saturated heterocycles. The molecule has 1 aliphatic heterocycles. The third-order valence-electron chi connectivity index (χ3n) is 3.80. The maximum atomic E-state index is 13.4. The Morgan fingerprint density at radius 2 is 2.26 bits per heavy atom. The molecule has 0 radical (unpaired) electrons. The highest BCUT2D eigenvalue weighted by Crippen LogP contribution is 2.27. The summed E-state index contributed by atoms with van der Waals surface area (Å²) in [6.07, 6.45) is 2.19. The fraction of sp³-hybridized carbons (Fsp3) is 0.600. The number of ether oxygens (including phenoxy) is 1. The molecule has 0 aliphatic carbocycles. The zero-order valence-electron chi connectivity index (χ0n) is 11.5. The molecule has 0 saturated carbocycles. The predicted molar refractivity (Wildman–Crippen MR) is 78.8 cm³/mol.